The Balaban J connectivity index is 1.27. The van der Waals surface area contributed by atoms with Crippen LogP contribution in [-0.2, 0) is 21.7 Å². The van der Waals surface area contributed by atoms with Gasteiger partial charge in [-0.15, -0.1) is 0 Å². The van der Waals surface area contributed by atoms with Gasteiger partial charge in [-0.05, 0) is 153 Å². The van der Waals surface area contributed by atoms with Gasteiger partial charge in [0, 0.05) is 51.2 Å². The molecule has 0 radical (unpaired) electrons. The zero-order valence-corrected chi connectivity index (χ0v) is 38.6. The second-order valence-corrected chi connectivity index (χ2v) is 20.6. The summed E-state index contributed by atoms with van der Waals surface area (Å²) in [5.41, 5.74) is 15.6. The Morgan fingerprint density at radius 3 is 0.508 bits per heavy atom. The number of nitrogens with zero attached hydrogens (tertiary/aromatic N) is 3. The topological polar surface area (TPSA) is 9.72 Å². The van der Waals surface area contributed by atoms with E-state index in [0.29, 0.717) is 0 Å². The highest BCUT2D eigenvalue weighted by molar-refractivity contribution is 5.83. The maximum atomic E-state index is 2.36. The Morgan fingerprint density at radius 2 is 0.344 bits per heavy atom. The van der Waals surface area contributed by atoms with Gasteiger partial charge in [0.15, 0.2) is 0 Å². The average molecular weight is 804 g/mol. The van der Waals surface area contributed by atoms with Crippen LogP contribution in [0.5, 0.6) is 0 Å². The van der Waals surface area contributed by atoms with Crippen LogP contribution in [0.1, 0.15) is 105 Å². The number of hydrogen-bond donors (Lipinski definition) is 0. The van der Waals surface area contributed by atoms with Crippen molar-refractivity contribution in [2.24, 2.45) is 0 Å². The minimum Gasteiger partial charge on any atom is -0.311 e. The first kappa shape index (κ1) is 43.0. The molecular formula is C58H65N3. The summed E-state index contributed by atoms with van der Waals surface area (Å²) >= 11 is 0. The summed E-state index contributed by atoms with van der Waals surface area (Å²) in [4.78, 5) is 7.07. The molecule has 0 aliphatic carbocycles. The quantitative estimate of drug-likeness (QED) is 0.144. The van der Waals surface area contributed by atoms with Crippen LogP contribution in [0.25, 0.3) is 0 Å². The Labute approximate surface area is 367 Å². The summed E-state index contributed by atoms with van der Waals surface area (Å²) in [6.07, 6.45) is 0. The molecule has 7 rings (SSSR count). The van der Waals surface area contributed by atoms with Gasteiger partial charge in [-0.2, -0.15) is 0 Å². The molecule has 0 aliphatic rings. The number of benzene rings is 7. The lowest BCUT2D eigenvalue weighted by Gasteiger charge is -2.30. The van der Waals surface area contributed by atoms with E-state index in [1.54, 1.807) is 0 Å². The summed E-state index contributed by atoms with van der Waals surface area (Å²) in [6, 6.07) is 64.8. The average Bonchev–Trinajstić information content (AvgIpc) is 3.22. The SMILES string of the molecule is CC(C)(C)c1ccc(N(c2ccc(N(c3ccccc3)c3ccc(N(c4ccc(C(C)(C)C)cc4)c4ccc(C(C)(C)C)cc4)cc3)cc2)c2ccc(C(C)(C)C)cc2)cc1. The first-order valence-electron chi connectivity index (χ1n) is 21.9. The molecule has 312 valence electrons. The van der Waals surface area contributed by atoms with Crippen LogP contribution in [-0.4, -0.2) is 0 Å². The Bertz CT molecular complexity index is 2210. The first-order valence-corrected chi connectivity index (χ1v) is 21.9. The molecule has 0 heterocycles. The van der Waals surface area contributed by atoms with Gasteiger partial charge in [0.25, 0.3) is 0 Å². The summed E-state index contributed by atoms with van der Waals surface area (Å²) in [7, 11) is 0. The van der Waals surface area contributed by atoms with Crippen LogP contribution in [0, 0.1) is 0 Å². The molecular weight excluding hydrogens is 739 g/mol. The molecule has 7 aromatic rings. The molecule has 0 amide bonds. The third-order valence-corrected chi connectivity index (χ3v) is 11.7. The summed E-state index contributed by atoms with van der Waals surface area (Å²) in [6.45, 7) is 27.2. The van der Waals surface area contributed by atoms with Crippen molar-refractivity contribution in [3.05, 3.63) is 198 Å². The van der Waals surface area contributed by atoms with Gasteiger partial charge in [-0.1, -0.05) is 150 Å². The van der Waals surface area contributed by atoms with Crippen molar-refractivity contribution in [3.8, 4) is 0 Å². The first-order chi connectivity index (χ1) is 28.8. The van der Waals surface area contributed by atoms with Crippen LogP contribution in [0.15, 0.2) is 176 Å². The van der Waals surface area contributed by atoms with Gasteiger partial charge in [0.1, 0.15) is 0 Å². The fourth-order valence-electron chi connectivity index (χ4n) is 7.86. The third-order valence-electron chi connectivity index (χ3n) is 11.7. The minimum atomic E-state index is 0.0755. The van der Waals surface area contributed by atoms with Gasteiger partial charge < -0.3 is 14.7 Å². The van der Waals surface area contributed by atoms with E-state index in [9.17, 15) is 0 Å². The van der Waals surface area contributed by atoms with Gasteiger partial charge in [-0.3, -0.25) is 0 Å². The second kappa shape index (κ2) is 16.8. The highest BCUT2D eigenvalue weighted by atomic mass is 15.2. The maximum Gasteiger partial charge on any atom is 0.0463 e. The second-order valence-electron chi connectivity index (χ2n) is 20.6. The molecule has 0 N–H and O–H groups in total. The van der Waals surface area contributed by atoms with Crippen LogP contribution >= 0.6 is 0 Å². The van der Waals surface area contributed by atoms with E-state index in [4.69, 9.17) is 0 Å². The van der Waals surface area contributed by atoms with E-state index < -0.39 is 0 Å². The van der Waals surface area contributed by atoms with E-state index in [0.717, 1.165) is 51.2 Å². The highest BCUT2D eigenvalue weighted by Crippen LogP contribution is 2.42. The standard InChI is InChI=1S/C58H65N3/c1-55(2,3)42-18-26-47(27-19-42)60(48-28-20-43(21-29-48)56(4,5)6)53-38-34-51(35-39-53)59(46-16-14-13-15-17-46)52-36-40-54(41-37-52)61(49-30-22-44(23-31-49)57(7,8)9)50-32-24-45(25-33-50)58(10,11)12/h13-41H,1-12H3. The monoisotopic (exact) mass is 804 g/mol. The lowest BCUT2D eigenvalue weighted by Crippen LogP contribution is -2.15. The predicted octanol–water partition coefficient (Wildman–Crippen LogP) is 17.3. The van der Waals surface area contributed by atoms with E-state index in [1.165, 1.54) is 22.3 Å². The van der Waals surface area contributed by atoms with Crippen molar-refractivity contribution in [2.45, 2.75) is 105 Å². The molecule has 0 unspecified atom stereocenters. The van der Waals surface area contributed by atoms with Gasteiger partial charge in [0.2, 0.25) is 0 Å². The zero-order chi connectivity index (χ0) is 43.7. The molecule has 0 aromatic heterocycles. The third kappa shape index (κ3) is 9.79. The Kier molecular flexibility index (Phi) is 11.8. The van der Waals surface area contributed by atoms with E-state index in [-0.39, 0.29) is 21.7 Å². The molecule has 7 aromatic carbocycles. The summed E-state index contributed by atoms with van der Waals surface area (Å²) in [5, 5.41) is 0. The lowest BCUT2D eigenvalue weighted by molar-refractivity contribution is 0.590. The lowest BCUT2D eigenvalue weighted by atomic mass is 9.86. The zero-order valence-electron chi connectivity index (χ0n) is 38.6. The smallest absolute Gasteiger partial charge is 0.0463 e. The number of para-hydroxylation sites is 1. The minimum absolute atomic E-state index is 0.0755. The number of hydrogen-bond acceptors (Lipinski definition) is 3. The van der Waals surface area contributed by atoms with Crippen molar-refractivity contribution >= 4 is 51.2 Å². The normalized spacial score (nSPS) is 12.3. The van der Waals surface area contributed by atoms with Gasteiger partial charge in [0.05, 0.1) is 0 Å². The predicted molar refractivity (Wildman–Crippen MR) is 265 cm³/mol. The molecule has 3 heteroatoms. The Hall–Kier alpha value is -6.06. The van der Waals surface area contributed by atoms with Crippen molar-refractivity contribution in [1.82, 2.24) is 0 Å². The van der Waals surface area contributed by atoms with Crippen LogP contribution in [0.4, 0.5) is 51.2 Å². The fourth-order valence-corrected chi connectivity index (χ4v) is 7.86. The van der Waals surface area contributed by atoms with Gasteiger partial charge in [-0.25, -0.2) is 0 Å². The van der Waals surface area contributed by atoms with Gasteiger partial charge >= 0.3 is 0 Å². The van der Waals surface area contributed by atoms with Crippen molar-refractivity contribution < 1.29 is 0 Å². The molecule has 0 saturated heterocycles. The van der Waals surface area contributed by atoms with Crippen molar-refractivity contribution in [1.29, 1.82) is 0 Å². The van der Waals surface area contributed by atoms with E-state index >= 15 is 0 Å². The maximum absolute atomic E-state index is 2.36. The largest absolute Gasteiger partial charge is 0.311 e. The molecule has 0 fully saturated rings. The van der Waals surface area contributed by atoms with Crippen molar-refractivity contribution in [3.63, 3.8) is 0 Å². The Morgan fingerprint density at radius 1 is 0.197 bits per heavy atom. The molecule has 0 bridgehead atoms. The molecule has 3 nitrogen and oxygen atoms in total. The molecule has 0 aliphatic heterocycles. The van der Waals surface area contributed by atoms with Crippen molar-refractivity contribution in [2.75, 3.05) is 14.7 Å². The van der Waals surface area contributed by atoms with Crippen LogP contribution < -0.4 is 14.7 Å². The molecule has 0 saturated carbocycles. The number of rotatable bonds is 9. The van der Waals surface area contributed by atoms with Crippen LogP contribution in [0.3, 0.4) is 0 Å². The fraction of sp³-hybridized carbons (Fsp3) is 0.276. The molecule has 61 heavy (non-hydrogen) atoms. The highest BCUT2D eigenvalue weighted by Gasteiger charge is 2.22. The van der Waals surface area contributed by atoms with Crippen LogP contribution in [0.2, 0.25) is 0 Å². The van der Waals surface area contributed by atoms with E-state index in [2.05, 4.69) is 274 Å². The molecule has 0 atom stereocenters. The van der Waals surface area contributed by atoms with E-state index in [1.807, 2.05) is 0 Å². The summed E-state index contributed by atoms with van der Waals surface area (Å²) < 4.78 is 0. The number of anilines is 9. The molecule has 0 spiro atoms. The summed E-state index contributed by atoms with van der Waals surface area (Å²) in [5.74, 6) is 0.